The van der Waals surface area contributed by atoms with Gasteiger partial charge >= 0.3 is 0 Å². The summed E-state index contributed by atoms with van der Waals surface area (Å²) < 4.78 is 0. The summed E-state index contributed by atoms with van der Waals surface area (Å²) in [5.41, 5.74) is 0. The van der Waals surface area contributed by atoms with Crippen LogP contribution in [0.15, 0.2) is 0 Å². The van der Waals surface area contributed by atoms with Crippen molar-refractivity contribution in [1.82, 2.24) is 0 Å². The highest BCUT2D eigenvalue weighted by atomic mass is 16.1. The van der Waals surface area contributed by atoms with Crippen molar-refractivity contribution in [2.24, 2.45) is 23.7 Å². The SMILES string of the molecule is CCCCC(C=O)CCCCCCCCCCC(C=O)CCCCCC(C=O)CCCCC(C)C=O. The van der Waals surface area contributed by atoms with Crippen LogP contribution in [-0.2, 0) is 19.2 Å². The number of carbonyl (C=O) groups excluding carboxylic acids is 4. The zero-order chi connectivity index (χ0) is 26.7. The summed E-state index contributed by atoms with van der Waals surface area (Å²) in [7, 11) is 0. The van der Waals surface area contributed by atoms with Crippen molar-refractivity contribution in [3.8, 4) is 0 Å². The molecule has 4 heteroatoms. The van der Waals surface area contributed by atoms with E-state index in [9.17, 15) is 19.2 Å². The van der Waals surface area contributed by atoms with Crippen molar-refractivity contribution in [1.29, 1.82) is 0 Å². The first-order valence-electron chi connectivity index (χ1n) is 15.4. The molecule has 0 aliphatic carbocycles. The minimum Gasteiger partial charge on any atom is -0.303 e. The summed E-state index contributed by atoms with van der Waals surface area (Å²) in [5, 5.41) is 0. The largest absolute Gasteiger partial charge is 0.303 e. The maximum Gasteiger partial charge on any atom is 0.123 e. The van der Waals surface area contributed by atoms with Crippen molar-refractivity contribution < 1.29 is 19.2 Å². The fraction of sp³-hybridized carbons (Fsp3) is 0.875. The Morgan fingerprint density at radius 3 is 1.00 bits per heavy atom. The van der Waals surface area contributed by atoms with E-state index in [1.54, 1.807) is 0 Å². The first-order valence-corrected chi connectivity index (χ1v) is 15.4. The molecule has 0 N–H and O–H groups in total. The van der Waals surface area contributed by atoms with Gasteiger partial charge in [0.15, 0.2) is 0 Å². The highest BCUT2D eigenvalue weighted by Gasteiger charge is 2.10. The number of unbranched alkanes of at least 4 members (excludes halogenated alkanes) is 11. The maximum atomic E-state index is 11.4. The Labute approximate surface area is 223 Å². The molecule has 4 nitrogen and oxygen atoms in total. The van der Waals surface area contributed by atoms with Gasteiger partial charge in [0.25, 0.3) is 0 Å². The number of aldehydes is 4. The molecule has 0 spiro atoms. The van der Waals surface area contributed by atoms with Crippen LogP contribution in [0.5, 0.6) is 0 Å². The van der Waals surface area contributed by atoms with E-state index in [2.05, 4.69) is 6.92 Å². The summed E-state index contributed by atoms with van der Waals surface area (Å²) >= 11 is 0. The van der Waals surface area contributed by atoms with Crippen LogP contribution < -0.4 is 0 Å². The fourth-order valence-electron chi connectivity index (χ4n) is 5.11. The van der Waals surface area contributed by atoms with E-state index in [1.165, 1.54) is 57.8 Å². The van der Waals surface area contributed by atoms with E-state index >= 15 is 0 Å². The summed E-state index contributed by atoms with van der Waals surface area (Å²) in [6.07, 6.45) is 28.9. The number of rotatable bonds is 29. The second-order valence-electron chi connectivity index (χ2n) is 11.3. The lowest BCUT2D eigenvalue weighted by molar-refractivity contribution is -0.112. The molecular weight excluding hydrogens is 448 g/mol. The molecule has 4 atom stereocenters. The van der Waals surface area contributed by atoms with Gasteiger partial charge in [-0.2, -0.15) is 0 Å². The third-order valence-corrected chi connectivity index (χ3v) is 7.77. The molecule has 0 radical (unpaired) electrons. The van der Waals surface area contributed by atoms with Crippen LogP contribution in [0.1, 0.15) is 155 Å². The van der Waals surface area contributed by atoms with Crippen LogP contribution in [-0.4, -0.2) is 25.1 Å². The quantitative estimate of drug-likeness (QED) is 0.0750. The smallest absolute Gasteiger partial charge is 0.123 e. The molecule has 0 amide bonds. The maximum absolute atomic E-state index is 11.4. The van der Waals surface area contributed by atoms with E-state index in [1.807, 2.05) is 6.92 Å². The van der Waals surface area contributed by atoms with Gasteiger partial charge in [-0.3, -0.25) is 0 Å². The van der Waals surface area contributed by atoms with Crippen molar-refractivity contribution in [3.05, 3.63) is 0 Å². The molecule has 0 rings (SSSR count). The van der Waals surface area contributed by atoms with Crippen LogP contribution in [0, 0.1) is 23.7 Å². The minimum atomic E-state index is 0.129. The van der Waals surface area contributed by atoms with Crippen molar-refractivity contribution in [3.63, 3.8) is 0 Å². The van der Waals surface area contributed by atoms with Crippen molar-refractivity contribution in [2.75, 3.05) is 0 Å². The fourth-order valence-corrected chi connectivity index (χ4v) is 5.11. The predicted octanol–water partition coefficient (Wildman–Crippen LogP) is 8.87. The van der Waals surface area contributed by atoms with Crippen LogP contribution in [0.25, 0.3) is 0 Å². The number of hydrogen-bond acceptors (Lipinski definition) is 4. The standard InChI is InChI=1S/C32H58O4/c1-3-4-19-30(26-34)20-12-9-7-5-6-8-10-13-21-31(27-35)22-14-11-15-23-32(28-36)24-17-16-18-29(2)25-33/h25-32H,3-24H2,1-2H3. The molecule has 0 saturated heterocycles. The monoisotopic (exact) mass is 506 g/mol. The molecule has 36 heavy (non-hydrogen) atoms. The lowest BCUT2D eigenvalue weighted by Crippen LogP contribution is -2.04. The third kappa shape index (κ3) is 21.9. The molecule has 0 saturated carbocycles. The molecule has 0 aromatic heterocycles. The zero-order valence-electron chi connectivity index (χ0n) is 23.8. The second kappa shape index (κ2) is 26.7. The normalized spacial score (nSPS) is 14.6. The van der Waals surface area contributed by atoms with Gasteiger partial charge in [-0.25, -0.2) is 0 Å². The van der Waals surface area contributed by atoms with E-state index < -0.39 is 0 Å². The molecule has 0 aliphatic heterocycles. The summed E-state index contributed by atoms with van der Waals surface area (Å²) in [6.45, 7) is 4.13. The zero-order valence-corrected chi connectivity index (χ0v) is 23.8. The second-order valence-corrected chi connectivity index (χ2v) is 11.3. The molecule has 0 bridgehead atoms. The van der Waals surface area contributed by atoms with Crippen LogP contribution in [0.2, 0.25) is 0 Å². The van der Waals surface area contributed by atoms with Gasteiger partial charge in [-0.1, -0.05) is 110 Å². The first-order chi connectivity index (χ1) is 17.6. The Hall–Kier alpha value is -1.32. The van der Waals surface area contributed by atoms with Crippen LogP contribution in [0.3, 0.4) is 0 Å². The predicted molar refractivity (Wildman–Crippen MR) is 151 cm³/mol. The molecule has 210 valence electrons. The minimum absolute atomic E-state index is 0.129. The Balaban J connectivity index is 3.62. The Bertz CT molecular complexity index is 518. The Morgan fingerprint density at radius 2 is 0.667 bits per heavy atom. The summed E-state index contributed by atoms with van der Waals surface area (Å²) in [4.78, 5) is 44.5. The van der Waals surface area contributed by atoms with E-state index in [0.717, 1.165) is 109 Å². The average Bonchev–Trinajstić information content (AvgIpc) is 2.90. The Kier molecular flexibility index (Phi) is 25.8. The van der Waals surface area contributed by atoms with E-state index in [4.69, 9.17) is 0 Å². The third-order valence-electron chi connectivity index (χ3n) is 7.77. The van der Waals surface area contributed by atoms with Crippen molar-refractivity contribution >= 4 is 25.1 Å². The van der Waals surface area contributed by atoms with E-state index in [-0.39, 0.29) is 23.7 Å². The highest BCUT2D eigenvalue weighted by molar-refractivity contribution is 5.54. The molecule has 0 aromatic rings. The average molecular weight is 507 g/mol. The number of hydrogen-bond donors (Lipinski definition) is 0. The first kappa shape index (κ1) is 34.7. The lowest BCUT2D eigenvalue weighted by atomic mass is 9.92. The molecule has 4 unspecified atom stereocenters. The topological polar surface area (TPSA) is 68.3 Å². The molecule has 0 aliphatic rings. The van der Waals surface area contributed by atoms with Gasteiger partial charge in [0.2, 0.25) is 0 Å². The Morgan fingerprint density at radius 1 is 0.389 bits per heavy atom. The van der Waals surface area contributed by atoms with E-state index in [0.29, 0.717) is 0 Å². The summed E-state index contributed by atoms with van der Waals surface area (Å²) in [6, 6.07) is 0. The van der Waals surface area contributed by atoms with Gasteiger partial charge in [0.1, 0.15) is 25.1 Å². The van der Waals surface area contributed by atoms with Gasteiger partial charge in [0, 0.05) is 23.7 Å². The van der Waals surface area contributed by atoms with Gasteiger partial charge < -0.3 is 19.2 Å². The van der Waals surface area contributed by atoms with Crippen LogP contribution >= 0.6 is 0 Å². The van der Waals surface area contributed by atoms with Gasteiger partial charge in [-0.15, -0.1) is 0 Å². The molecule has 0 fully saturated rings. The summed E-state index contributed by atoms with van der Waals surface area (Å²) in [5.74, 6) is 0.760. The lowest BCUT2D eigenvalue weighted by Gasteiger charge is -2.12. The highest BCUT2D eigenvalue weighted by Crippen LogP contribution is 2.21. The molecule has 0 heterocycles. The van der Waals surface area contributed by atoms with Crippen molar-refractivity contribution in [2.45, 2.75) is 155 Å². The van der Waals surface area contributed by atoms with Crippen LogP contribution in [0.4, 0.5) is 0 Å². The molecule has 0 aromatic carbocycles. The molecular formula is C32H58O4. The van der Waals surface area contributed by atoms with Gasteiger partial charge in [-0.05, 0) is 44.9 Å². The number of carbonyl (C=O) groups is 4. The van der Waals surface area contributed by atoms with Gasteiger partial charge in [0.05, 0.1) is 0 Å².